The van der Waals surface area contributed by atoms with Crippen molar-refractivity contribution in [3.05, 3.63) is 54.3 Å². The van der Waals surface area contributed by atoms with Crippen molar-refractivity contribution in [1.29, 1.82) is 0 Å². The first-order valence-electron chi connectivity index (χ1n) is 6.30. The fourth-order valence-electron chi connectivity index (χ4n) is 1.76. The minimum absolute atomic E-state index is 0.0210. The van der Waals surface area contributed by atoms with E-state index in [9.17, 15) is 13.4 Å². The molecule has 4 nitrogen and oxygen atoms in total. The number of nitrogens with one attached hydrogen (secondary N) is 1. The van der Waals surface area contributed by atoms with Crippen LogP contribution >= 0.6 is 0 Å². The Kier molecular flexibility index (Phi) is 4.70. The van der Waals surface area contributed by atoms with Crippen LogP contribution in [0.15, 0.2) is 53.4 Å². The molecule has 0 bridgehead atoms. The van der Waals surface area contributed by atoms with Crippen molar-refractivity contribution in [1.82, 2.24) is 0 Å². The molecule has 2 aromatic rings. The highest BCUT2D eigenvalue weighted by atomic mass is 32.2. The Labute approximate surface area is 124 Å². The van der Waals surface area contributed by atoms with Gasteiger partial charge in [0.25, 0.3) is 0 Å². The monoisotopic (exact) mass is 306 g/mol. The summed E-state index contributed by atoms with van der Waals surface area (Å²) in [4.78, 5) is 12.1. The number of nitrogen functional groups attached to an aromatic ring is 1. The Bertz CT molecular complexity index is 691. The molecule has 110 valence electrons. The molecular formula is C15H15FN2O2S. The molecule has 2 unspecified atom stereocenters. The normalized spacial score (nSPS) is 13.4. The largest absolute Gasteiger partial charge is 0.399 e. The third-order valence-electron chi connectivity index (χ3n) is 2.90. The zero-order chi connectivity index (χ0) is 15.4. The van der Waals surface area contributed by atoms with Crippen LogP contribution in [0.1, 0.15) is 6.92 Å². The maximum atomic E-state index is 13.6. The minimum Gasteiger partial charge on any atom is -0.399 e. The Morgan fingerprint density at radius 2 is 1.95 bits per heavy atom. The Morgan fingerprint density at radius 1 is 1.24 bits per heavy atom. The molecule has 0 saturated carbocycles. The number of carbonyl (C=O) groups excluding carboxylic acids is 1. The molecule has 1 amide bonds. The average molecular weight is 306 g/mol. The Morgan fingerprint density at radius 3 is 2.62 bits per heavy atom. The molecule has 0 aromatic heterocycles. The van der Waals surface area contributed by atoms with Crippen LogP contribution in [0.4, 0.5) is 15.8 Å². The third kappa shape index (κ3) is 3.66. The van der Waals surface area contributed by atoms with E-state index in [1.807, 2.05) is 0 Å². The number of carbonyl (C=O) groups is 1. The van der Waals surface area contributed by atoms with Gasteiger partial charge in [-0.1, -0.05) is 18.2 Å². The first-order chi connectivity index (χ1) is 9.99. The van der Waals surface area contributed by atoms with Gasteiger partial charge < -0.3 is 11.1 Å². The van der Waals surface area contributed by atoms with E-state index in [1.54, 1.807) is 30.3 Å². The maximum absolute atomic E-state index is 13.6. The number of benzene rings is 2. The van der Waals surface area contributed by atoms with Crippen molar-refractivity contribution in [2.75, 3.05) is 11.1 Å². The van der Waals surface area contributed by atoms with Crippen LogP contribution < -0.4 is 11.1 Å². The molecule has 2 atom stereocenters. The van der Waals surface area contributed by atoms with Crippen molar-refractivity contribution in [3.63, 3.8) is 0 Å². The number of amides is 1. The van der Waals surface area contributed by atoms with Crippen molar-refractivity contribution in [2.45, 2.75) is 17.1 Å². The molecule has 3 N–H and O–H groups in total. The highest BCUT2D eigenvalue weighted by Crippen LogP contribution is 2.17. The zero-order valence-corrected chi connectivity index (χ0v) is 12.2. The van der Waals surface area contributed by atoms with Crippen LogP contribution in [0.5, 0.6) is 0 Å². The van der Waals surface area contributed by atoms with E-state index in [0.717, 1.165) is 0 Å². The summed E-state index contributed by atoms with van der Waals surface area (Å²) < 4.78 is 25.9. The first-order valence-corrected chi connectivity index (χ1v) is 7.52. The van der Waals surface area contributed by atoms with Gasteiger partial charge in [0.15, 0.2) is 0 Å². The van der Waals surface area contributed by atoms with Crippen LogP contribution in [0.2, 0.25) is 0 Å². The molecule has 0 fully saturated rings. The van der Waals surface area contributed by atoms with Gasteiger partial charge in [0.2, 0.25) is 5.91 Å². The lowest BCUT2D eigenvalue weighted by molar-refractivity contribution is -0.115. The maximum Gasteiger partial charge on any atom is 0.240 e. The molecule has 0 aliphatic rings. The summed E-state index contributed by atoms with van der Waals surface area (Å²) in [7, 11) is -1.77. The van der Waals surface area contributed by atoms with E-state index in [0.29, 0.717) is 11.4 Å². The number of hydrogen-bond acceptors (Lipinski definition) is 3. The molecule has 2 rings (SSSR count). The average Bonchev–Trinajstić information content (AvgIpc) is 2.46. The van der Waals surface area contributed by atoms with E-state index in [1.165, 1.54) is 25.1 Å². The third-order valence-corrected chi connectivity index (χ3v) is 4.52. The van der Waals surface area contributed by atoms with Gasteiger partial charge >= 0.3 is 0 Å². The molecule has 0 heterocycles. The van der Waals surface area contributed by atoms with Crippen LogP contribution in [-0.4, -0.2) is 15.4 Å². The number of anilines is 2. The van der Waals surface area contributed by atoms with E-state index >= 15 is 0 Å². The predicted octanol–water partition coefficient (Wildman–Crippen LogP) is 2.54. The van der Waals surface area contributed by atoms with Crippen molar-refractivity contribution < 1.29 is 13.4 Å². The van der Waals surface area contributed by atoms with Crippen molar-refractivity contribution in [3.8, 4) is 0 Å². The van der Waals surface area contributed by atoms with Gasteiger partial charge in [-0.3, -0.25) is 9.00 Å². The highest BCUT2D eigenvalue weighted by molar-refractivity contribution is 7.86. The van der Waals surface area contributed by atoms with Gasteiger partial charge in [0.1, 0.15) is 11.1 Å². The lowest BCUT2D eigenvalue weighted by Gasteiger charge is -2.13. The van der Waals surface area contributed by atoms with E-state index in [-0.39, 0.29) is 4.90 Å². The van der Waals surface area contributed by atoms with Gasteiger partial charge in [-0.05, 0) is 37.3 Å². The number of rotatable bonds is 4. The van der Waals surface area contributed by atoms with Gasteiger partial charge in [-0.2, -0.15) is 0 Å². The summed E-state index contributed by atoms with van der Waals surface area (Å²) in [5, 5.41) is 1.73. The molecule has 0 saturated heterocycles. The molecule has 0 spiro atoms. The number of nitrogens with two attached hydrogens (primary N) is 1. The summed E-state index contributed by atoms with van der Waals surface area (Å²) in [5.74, 6) is -1.04. The molecule has 0 aliphatic heterocycles. The van der Waals surface area contributed by atoms with E-state index in [4.69, 9.17) is 5.73 Å². The summed E-state index contributed by atoms with van der Waals surface area (Å²) in [6, 6.07) is 12.4. The summed E-state index contributed by atoms with van der Waals surface area (Å²) in [6.07, 6.45) is 0. The molecule has 6 heteroatoms. The quantitative estimate of drug-likeness (QED) is 0.853. The SMILES string of the molecule is CC(C(=O)Nc1cccc(N)c1)S(=O)c1ccccc1F. The minimum atomic E-state index is -1.77. The summed E-state index contributed by atoms with van der Waals surface area (Å²) in [5.41, 5.74) is 6.64. The molecule has 0 radical (unpaired) electrons. The van der Waals surface area contributed by atoms with Crippen LogP contribution in [-0.2, 0) is 15.6 Å². The van der Waals surface area contributed by atoms with Gasteiger partial charge in [0, 0.05) is 11.4 Å². The second kappa shape index (κ2) is 6.49. The molecule has 0 aliphatic carbocycles. The lowest BCUT2D eigenvalue weighted by atomic mass is 10.3. The van der Waals surface area contributed by atoms with E-state index < -0.39 is 27.8 Å². The predicted molar refractivity (Wildman–Crippen MR) is 81.8 cm³/mol. The van der Waals surface area contributed by atoms with Crippen LogP contribution in [0.3, 0.4) is 0 Å². The Balaban J connectivity index is 2.12. The molecular weight excluding hydrogens is 291 g/mol. The standard InChI is InChI=1S/C15H15FN2O2S/c1-10(21(20)14-8-3-2-7-13(14)16)15(19)18-12-6-4-5-11(17)9-12/h2-10H,17H2,1H3,(H,18,19). The first kappa shape index (κ1) is 15.2. The van der Waals surface area contributed by atoms with Crippen LogP contribution in [0, 0.1) is 5.82 Å². The number of halogens is 1. The van der Waals surface area contributed by atoms with Gasteiger partial charge in [-0.25, -0.2) is 4.39 Å². The second-order valence-electron chi connectivity index (χ2n) is 4.48. The van der Waals surface area contributed by atoms with Crippen molar-refractivity contribution >= 4 is 28.1 Å². The van der Waals surface area contributed by atoms with Gasteiger partial charge in [-0.15, -0.1) is 0 Å². The fraction of sp³-hybridized carbons (Fsp3) is 0.133. The second-order valence-corrected chi connectivity index (χ2v) is 6.23. The molecule has 2 aromatic carbocycles. The van der Waals surface area contributed by atoms with Crippen LogP contribution in [0.25, 0.3) is 0 Å². The Hall–Kier alpha value is -2.21. The summed E-state index contributed by atoms with van der Waals surface area (Å²) >= 11 is 0. The number of hydrogen-bond donors (Lipinski definition) is 2. The fourth-order valence-corrected chi connectivity index (χ4v) is 2.86. The topological polar surface area (TPSA) is 72.2 Å². The van der Waals surface area contributed by atoms with Crippen molar-refractivity contribution in [2.24, 2.45) is 0 Å². The van der Waals surface area contributed by atoms with Gasteiger partial charge in [0.05, 0.1) is 15.7 Å². The zero-order valence-electron chi connectivity index (χ0n) is 11.4. The van der Waals surface area contributed by atoms with E-state index in [2.05, 4.69) is 5.32 Å². The lowest BCUT2D eigenvalue weighted by Crippen LogP contribution is -2.29. The molecule has 21 heavy (non-hydrogen) atoms. The smallest absolute Gasteiger partial charge is 0.240 e. The summed E-state index contributed by atoms with van der Waals surface area (Å²) in [6.45, 7) is 1.49. The highest BCUT2D eigenvalue weighted by Gasteiger charge is 2.23.